The van der Waals surface area contributed by atoms with Crippen LogP contribution in [0.3, 0.4) is 0 Å². The quantitative estimate of drug-likeness (QED) is 0.494. The van der Waals surface area contributed by atoms with Crippen LogP contribution in [0.5, 0.6) is 11.5 Å². The second-order valence-electron chi connectivity index (χ2n) is 10.8. The maximum absolute atomic E-state index is 12.8. The van der Waals surface area contributed by atoms with Crippen LogP contribution in [0.15, 0.2) is 60.7 Å². The lowest BCUT2D eigenvalue weighted by molar-refractivity contribution is -0.171. The number of hydrogen-bond acceptors (Lipinski definition) is 5. The molecule has 6 heteroatoms. The number of aromatic nitrogens is 1. The normalized spacial score (nSPS) is 29.2. The summed E-state index contributed by atoms with van der Waals surface area (Å²) in [4.78, 5) is 7.60. The van der Waals surface area contributed by atoms with Crippen molar-refractivity contribution >= 4 is 11.6 Å². The molecule has 3 heterocycles. The number of pyridine rings is 1. The third kappa shape index (κ3) is 2.77. The Bertz CT molecular complexity index is 1420. The zero-order chi connectivity index (χ0) is 24.8. The highest BCUT2D eigenvalue weighted by molar-refractivity contribution is 6.30. The average Bonchev–Trinajstić information content (AvgIpc) is 3.21. The van der Waals surface area contributed by atoms with E-state index in [-0.39, 0.29) is 12.1 Å². The van der Waals surface area contributed by atoms with Crippen molar-refractivity contribution < 1.29 is 14.6 Å². The molecule has 184 valence electrons. The predicted octanol–water partition coefficient (Wildman–Crippen LogP) is 5.28. The van der Waals surface area contributed by atoms with Crippen LogP contribution in [0.1, 0.15) is 41.8 Å². The highest BCUT2D eigenvalue weighted by Crippen LogP contribution is 2.68. The fraction of sp³-hybridized carbons (Fsp3) is 0.367. The van der Waals surface area contributed by atoms with Crippen molar-refractivity contribution in [3.05, 3.63) is 88.1 Å². The Balaban J connectivity index is 1.45. The zero-order valence-corrected chi connectivity index (χ0v) is 21.3. The van der Waals surface area contributed by atoms with Gasteiger partial charge in [0.05, 0.1) is 29.5 Å². The summed E-state index contributed by atoms with van der Waals surface area (Å²) in [6, 6.07) is 16.1. The van der Waals surface area contributed by atoms with Crippen LogP contribution in [0.2, 0.25) is 5.02 Å². The fourth-order valence-corrected chi connectivity index (χ4v) is 7.57. The maximum atomic E-state index is 12.8. The minimum absolute atomic E-state index is 0.0232. The first kappa shape index (κ1) is 22.3. The van der Waals surface area contributed by atoms with E-state index in [9.17, 15) is 5.11 Å². The minimum Gasteiger partial charge on any atom is -0.493 e. The molecule has 3 aromatic rings. The fourth-order valence-electron chi connectivity index (χ4n) is 7.44. The van der Waals surface area contributed by atoms with E-state index < -0.39 is 11.0 Å². The van der Waals surface area contributed by atoms with Crippen LogP contribution in [-0.2, 0) is 18.3 Å². The van der Waals surface area contributed by atoms with Gasteiger partial charge in [0.2, 0.25) is 0 Å². The van der Waals surface area contributed by atoms with Crippen LogP contribution < -0.4 is 9.47 Å². The first-order chi connectivity index (χ1) is 17.4. The number of benzene rings is 2. The summed E-state index contributed by atoms with van der Waals surface area (Å²) in [6.45, 7) is 7.90. The van der Waals surface area contributed by atoms with Crippen molar-refractivity contribution in [3.8, 4) is 22.8 Å². The van der Waals surface area contributed by atoms with E-state index in [4.69, 9.17) is 26.1 Å². The summed E-state index contributed by atoms with van der Waals surface area (Å²) in [7, 11) is 1.68. The Morgan fingerprint density at radius 2 is 1.97 bits per heavy atom. The number of hydrogen-bond donors (Lipinski definition) is 1. The number of fused-ring (bicyclic) bond motifs is 2. The van der Waals surface area contributed by atoms with E-state index in [0.717, 1.165) is 71.1 Å². The predicted molar refractivity (Wildman–Crippen MR) is 140 cm³/mol. The second kappa shape index (κ2) is 7.58. The van der Waals surface area contributed by atoms with Gasteiger partial charge < -0.3 is 14.6 Å². The van der Waals surface area contributed by atoms with E-state index >= 15 is 0 Å². The lowest BCUT2D eigenvalue weighted by Crippen LogP contribution is -2.74. The lowest BCUT2D eigenvalue weighted by atomic mass is 9.49. The molecule has 2 aliphatic heterocycles. The molecule has 2 aliphatic carbocycles. The summed E-state index contributed by atoms with van der Waals surface area (Å²) in [5, 5.41) is 13.5. The van der Waals surface area contributed by atoms with Crippen molar-refractivity contribution in [3.63, 3.8) is 0 Å². The highest BCUT2D eigenvalue weighted by atomic mass is 35.5. The number of rotatable bonds is 4. The number of nitrogens with zero attached hydrogens (tertiary/aromatic N) is 2. The Hall–Kier alpha value is -2.86. The summed E-state index contributed by atoms with van der Waals surface area (Å²) < 4.78 is 12.6. The molecule has 1 N–H and O–H groups in total. The molecule has 1 aromatic heterocycles. The molecule has 2 aromatic carbocycles. The van der Waals surface area contributed by atoms with Crippen molar-refractivity contribution in [2.24, 2.45) is 0 Å². The molecule has 1 spiro atoms. The molecule has 5 nitrogen and oxygen atoms in total. The summed E-state index contributed by atoms with van der Waals surface area (Å²) in [5.74, 6) is 1.50. The molecule has 1 fully saturated rings. The average molecular weight is 501 g/mol. The van der Waals surface area contributed by atoms with E-state index in [0.29, 0.717) is 11.4 Å². The standard InChI is InChI=1S/C30H29ClN2O3/c1-17(2)16-33-13-12-29-25-19-7-11-23(35-3)27(25)36-28(29)26-20(15-30(29,34)24(33)14-19)6-10-22(32-26)18-4-8-21(31)9-5-18/h4-11,24,28,34H,1,12-16H2,2-3H3/t24-,28+,29+,30-/m1/s1. The molecule has 1 saturated heterocycles. The number of aliphatic hydroxyl groups is 1. The van der Waals surface area contributed by atoms with Crippen LogP contribution in [0, 0.1) is 0 Å². The van der Waals surface area contributed by atoms with Gasteiger partial charge in [-0.2, -0.15) is 0 Å². The Morgan fingerprint density at radius 3 is 2.72 bits per heavy atom. The van der Waals surface area contributed by atoms with Gasteiger partial charge >= 0.3 is 0 Å². The van der Waals surface area contributed by atoms with Gasteiger partial charge in [0, 0.05) is 41.7 Å². The number of likely N-dealkylation sites (tertiary alicyclic amines) is 1. The lowest BCUT2D eigenvalue weighted by Gasteiger charge is -2.62. The first-order valence-corrected chi connectivity index (χ1v) is 13.0. The maximum Gasteiger partial charge on any atom is 0.166 e. The van der Waals surface area contributed by atoms with E-state index in [1.165, 1.54) is 5.56 Å². The van der Waals surface area contributed by atoms with Gasteiger partial charge in [-0.05, 0) is 55.2 Å². The van der Waals surface area contributed by atoms with Gasteiger partial charge in [0.1, 0.15) is 0 Å². The molecule has 0 saturated carbocycles. The van der Waals surface area contributed by atoms with Crippen molar-refractivity contribution in [2.45, 2.75) is 49.3 Å². The van der Waals surface area contributed by atoms with Crippen LogP contribution in [0.4, 0.5) is 0 Å². The molecular formula is C30H29ClN2O3. The van der Waals surface area contributed by atoms with Gasteiger partial charge in [-0.25, -0.2) is 4.98 Å². The Labute approximate surface area is 216 Å². The molecule has 0 unspecified atom stereocenters. The van der Waals surface area contributed by atoms with Gasteiger partial charge in [0.15, 0.2) is 17.6 Å². The number of methoxy groups -OCH3 is 1. The van der Waals surface area contributed by atoms with Crippen molar-refractivity contribution in [2.75, 3.05) is 20.2 Å². The van der Waals surface area contributed by atoms with Crippen molar-refractivity contribution in [1.82, 2.24) is 9.88 Å². The topological polar surface area (TPSA) is 54.8 Å². The first-order valence-electron chi connectivity index (χ1n) is 12.6. The number of halogens is 1. The Kier molecular flexibility index (Phi) is 4.70. The van der Waals surface area contributed by atoms with E-state index in [2.05, 4.69) is 30.5 Å². The minimum atomic E-state index is -0.980. The molecule has 0 radical (unpaired) electrons. The molecular weight excluding hydrogens is 472 g/mol. The molecule has 36 heavy (non-hydrogen) atoms. The molecule has 0 amide bonds. The summed E-state index contributed by atoms with van der Waals surface area (Å²) in [6.07, 6.45) is 1.74. The molecule has 2 bridgehead atoms. The zero-order valence-electron chi connectivity index (χ0n) is 20.6. The van der Waals surface area contributed by atoms with E-state index in [1.54, 1.807) is 7.11 Å². The van der Waals surface area contributed by atoms with Crippen LogP contribution in [-0.4, -0.2) is 46.8 Å². The van der Waals surface area contributed by atoms with Crippen LogP contribution in [0.25, 0.3) is 11.3 Å². The van der Waals surface area contributed by atoms with Gasteiger partial charge in [-0.3, -0.25) is 4.90 Å². The summed E-state index contributed by atoms with van der Waals surface area (Å²) in [5.41, 5.74) is 5.79. The molecule has 4 atom stereocenters. The number of ether oxygens (including phenoxy) is 2. The van der Waals surface area contributed by atoms with Crippen LogP contribution >= 0.6 is 11.6 Å². The molecule has 4 aliphatic rings. The highest BCUT2D eigenvalue weighted by Gasteiger charge is 2.72. The van der Waals surface area contributed by atoms with E-state index in [1.807, 2.05) is 36.4 Å². The second-order valence-corrected chi connectivity index (χ2v) is 11.3. The van der Waals surface area contributed by atoms with Gasteiger partial charge in [0.25, 0.3) is 0 Å². The SMILES string of the molecule is C=C(C)CN1CC[C@]23c4c5ccc(OC)c4O[C@H]2c2nc(-c4ccc(Cl)cc4)ccc2C[C@@]3(O)[C@H]1C5. The third-order valence-electron chi connectivity index (χ3n) is 8.86. The van der Waals surface area contributed by atoms with Gasteiger partial charge in [-0.1, -0.05) is 48.0 Å². The van der Waals surface area contributed by atoms with Crippen molar-refractivity contribution in [1.29, 1.82) is 0 Å². The number of piperidine rings is 1. The summed E-state index contributed by atoms with van der Waals surface area (Å²) >= 11 is 6.13. The smallest absolute Gasteiger partial charge is 0.166 e. The Morgan fingerprint density at radius 1 is 1.19 bits per heavy atom. The third-order valence-corrected chi connectivity index (χ3v) is 9.11. The monoisotopic (exact) mass is 500 g/mol. The van der Waals surface area contributed by atoms with Gasteiger partial charge in [-0.15, -0.1) is 0 Å². The molecule has 7 rings (SSSR count). The largest absolute Gasteiger partial charge is 0.493 e.